The molecule has 198 valence electrons. The molecule has 0 saturated heterocycles. The van der Waals surface area contributed by atoms with Crippen LogP contribution in [0.3, 0.4) is 0 Å². The van der Waals surface area contributed by atoms with Crippen molar-refractivity contribution in [3.63, 3.8) is 0 Å². The van der Waals surface area contributed by atoms with Gasteiger partial charge in [0, 0.05) is 11.8 Å². The van der Waals surface area contributed by atoms with Gasteiger partial charge in [-0.2, -0.15) is 0 Å². The van der Waals surface area contributed by atoms with Gasteiger partial charge in [-0.25, -0.2) is 4.79 Å². The third-order valence-electron chi connectivity index (χ3n) is 10.7. The van der Waals surface area contributed by atoms with Crippen LogP contribution in [0.5, 0.6) is 0 Å². The van der Waals surface area contributed by atoms with Crippen molar-refractivity contribution in [3.05, 3.63) is 11.6 Å². The molecule has 0 aromatic rings. The summed E-state index contributed by atoms with van der Waals surface area (Å²) in [6, 6.07) is 0. The highest BCUT2D eigenvalue weighted by Crippen LogP contribution is 2.66. The van der Waals surface area contributed by atoms with E-state index in [-0.39, 0.29) is 16.9 Å². The lowest BCUT2D eigenvalue weighted by atomic mass is 9.45. The average molecular weight is 487 g/mol. The summed E-state index contributed by atoms with van der Waals surface area (Å²) in [7, 11) is 0. The van der Waals surface area contributed by atoms with Gasteiger partial charge in [0.2, 0.25) is 0 Å². The van der Waals surface area contributed by atoms with E-state index in [1.165, 1.54) is 50.5 Å². The Morgan fingerprint density at radius 1 is 0.971 bits per heavy atom. The average Bonchev–Trinajstić information content (AvgIpc) is 3.15. The molecular formula is C31H50O4. The minimum absolute atomic E-state index is 0.0237. The van der Waals surface area contributed by atoms with E-state index in [2.05, 4.69) is 27.7 Å². The molecule has 4 rings (SSSR count). The molecule has 0 spiro atoms. The molecule has 4 aliphatic carbocycles. The predicted molar refractivity (Wildman–Crippen MR) is 140 cm³/mol. The first-order valence-electron chi connectivity index (χ1n) is 14.9. The van der Waals surface area contributed by atoms with Crippen molar-refractivity contribution in [1.82, 2.24) is 0 Å². The second kappa shape index (κ2) is 11.4. The van der Waals surface area contributed by atoms with Gasteiger partial charge in [-0.15, -0.1) is 0 Å². The summed E-state index contributed by atoms with van der Waals surface area (Å²) in [6.07, 6.45) is 18.6. The fraction of sp³-hybridized carbons (Fsp3) is 0.871. The maximum absolute atomic E-state index is 12.6. The molecule has 0 radical (unpaired) electrons. The second-order valence-electron chi connectivity index (χ2n) is 12.8. The summed E-state index contributed by atoms with van der Waals surface area (Å²) < 4.78 is 11.5. The molecule has 0 heterocycles. The molecule has 3 fully saturated rings. The van der Waals surface area contributed by atoms with Crippen molar-refractivity contribution in [3.8, 4) is 0 Å². The van der Waals surface area contributed by atoms with Crippen molar-refractivity contribution in [2.24, 2.45) is 34.5 Å². The van der Waals surface area contributed by atoms with Crippen LogP contribution in [0.2, 0.25) is 0 Å². The first-order chi connectivity index (χ1) is 16.8. The summed E-state index contributed by atoms with van der Waals surface area (Å²) in [5.41, 5.74) is 1.65. The fourth-order valence-electron chi connectivity index (χ4n) is 8.59. The van der Waals surface area contributed by atoms with Crippen molar-refractivity contribution < 1.29 is 19.1 Å². The second-order valence-corrected chi connectivity index (χ2v) is 12.8. The molecule has 3 unspecified atom stereocenters. The molecule has 35 heavy (non-hydrogen) atoms. The number of hydrogen-bond acceptors (Lipinski definition) is 4. The normalized spacial score (nSPS) is 38.2. The van der Waals surface area contributed by atoms with Crippen molar-refractivity contribution in [1.29, 1.82) is 0 Å². The number of rotatable bonds is 10. The van der Waals surface area contributed by atoms with Gasteiger partial charge < -0.3 is 9.47 Å². The number of allylic oxidation sites excluding steroid dienone is 1. The maximum Gasteiger partial charge on any atom is 0.508 e. The van der Waals surface area contributed by atoms with Crippen LogP contribution in [0.25, 0.3) is 0 Å². The third-order valence-corrected chi connectivity index (χ3v) is 10.7. The molecule has 0 aromatic carbocycles. The highest BCUT2D eigenvalue weighted by atomic mass is 16.7. The first-order valence-corrected chi connectivity index (χ1v) is 14.9. The van der Waals surface area contributed by atoms with E-state index < -0.39 is 6.16 Å². The zero-order valence-corrected chi connectivity index (χ0v) is 22.9. The Kier molecular flexibility index (Phi) is 8.69. The highest BCUT2D eigenvalue weighted by Gasteiger charge is 2.61. The molecule has 0 aliphatic heterocycles. The Morgan fingerprint density at radius 3 is 2.43 bits per heavy atom. The maximum atomic E-state index is 12.6. The molecule has 4 aliphatic rings. The molecule has 0 aromatic heterocycles. The molecule has 7 atom stereocenters. The van der Waals surface area contributed by atoms with Gasteiger partial charge in [0.25, 0.3) is 0 Å². The smallest absolute Gasteiger partial charge is 0.434 e. The zero-order chi connectivity index (χ0) is 25.1. The van der Waals surface area contributed by atoms with Gasteiger partial charge in [0.05, 0.1) is 6.61 Å². The van der Waals surface area contributed by atoms with Crippen LogP contribution >= 0.6 is 0 Å². The van der Waals surface area contributed by atoms with Crippen LogP contribution in [-0.2, 0) is 14.3 Å². The summed E-state index contributed by atoms with van der Waals surface area (Å²) in [5, 5.41) is 0. The Labute approximate surface area is 214 Å². The SMILES string of the molecule is CCCCCCCCCCOC(=O)O[C@H]1CCC2C3C(CC[C@@]21C)[C@@]1(C)CCC(=O)C=C1C[C@@H]3C. The van der Waals surface area contributed by atoms with Gasteiger partial charge >= 0.3 is 6.16 Å². The van der Waals surface area contributed by atoms with Crippen LogP contribution in [-0.4, -0.2) is 24.6 Å². The predicted octanol–water partition coefficient (Wildman–Crippen LogP) is 8.43. The van der Waals surface area contributed by atoms with E-state index in [1.54, 1.807) is 0 Å². The Bertz CT molecular complexity index is 787. The lowest BCUT2D eigenvalue weighted by molar-refractivity contribution is -0.120. The van der Waals surface area contributed by atoms with Crippen molar-refractivity contribution in [2.45, 2.75) is 130 Å². The van der Waals surface area contributed by atoms with Crippen LogP contribution in [0.1, 0.15) is 124 Å². The Balaban J connectivity index is 1.27. The van der Waals surface area contributed by atoms with Gasteiger partial charge in [-0.3, -0.25) is 4.79 Å². The van der Waals surface area contributed by atoms with Crippen molar-refractivity contribution in [2.75, 3.05) is 6.61 Å². The van der Waals surface area contributed by atoms with Gasteiger partial charge in [-0.1, -0.05) is 78.2 Å². The summed E-state index contributed by atoms with van der Waals surface area (Å²) >= 11 is 0. The van der Waals surface area contributed by atoms with Gasteiger partial charge in [0.15, 0.2) is 5.78 Å². The zero-order valence-electron chi connectivity index (χ0n) is 22.9. The van der Waals surface area contributed by atoms with E-state index in [0.29, 0.717) is 42.5 Å². The molecule has 0 amide bonds. The third kappa shape index (κ3) is 5.52. The van der Waals surface area contributed by atoms with Crippen LogP contribution in [0.4, 0.5) is 4.79 Å². The number of carbonyl (C=O) groups is 2. The number of ether oxygens (including phenoxy) is 2. The summed E-state index contributed by atoms with van der Waals surface area (Å²) in [4.78, 5) is 24.7. The summed E-state index contributed by atoms with van der Waals surface area (Å²) in [5.74, 6) is 2.81. The van der Waals surface area contributed by atoms with E-state index in [1.807, 2.05) is 6.08 Å². The molecule has 4 nitrogen and oxygen atoms in total. The van der Waals surface area contributed by atoms with Crippen LogP contribution < -0.4 is 0 Å². The minimum Gasteiger partial charge on any atom is -0.434 e. The number of carbonyl (C=O) groups excluding carboxylic acids is 2. The van der Waals surface area contributed by atoms with Crippen LogP contribution in [0.15, 0.2) is 11.6 Å². The number of hydrogen-bond donors (Lipinski definition) is 0. The molecule has 4 heteroatoms. The minimum atomic E-state index is -0.457. The molecule has 3 saturated carbocycles. The van der Waals surface area contributed by atoms with Crippen LogP contribution in [0, 0.1) is 34.5 Å². The summed E-state index contributed by atoms with van der Waals surface area (Å²) in [6.45, 7) is 9.94. The molecule has 0 N–H and O–H groups in total. The van der Waals surface area contributed by atoms with E-state index >= 15 is 0 Å². The lowest BCUT2D eigenvalue weighted by Crippen LogP contribution is -2.54. The molecular weight excluding hydrogens is 436 g/mol. The monoisotopic (exact) mass is 486 g/mol. The quantitative estimate of drug-likeness (QED) is 0.230. The van der Waals surface area contributed by atoms with Gasteiger partial charge in [0.1, 0.15) is 6.10 Å². The molecule has 0 bridgehead atoms. The largest absolute Gasteiger partial charge is 0.508 e. The standard InChI is InChI=1S/C31H50O4/c1-5-6-7-8-9-10-11-12-19-34-29(33)35-27-14-13-25-28-22(2)20-23-21-24(32)15-17-30(23,3)26(28)16-18-31(25,27)4/h21-22,25-28H,5-20H2,1-4H3/t22-,25?,26?,27-,28?,30-,31-/m0/s1. The Morgan fingerprint density at radius 2 is 1.69 bits per heavy atom. The van der Waals surface area contributed by atoms with Gasteiger partial charge in [-0.05, 0) is 80.1 Å². The number of unbranched alkanes of at least 4 members (excludes halogenated alkanes) is 7. The Hall–Kier alpha value is -1.32. The number of fused-ring (bicyclic) bond motifs is 5. The number of ketones is 1. The topological polar surface area (TPSA) is 52.6 Å². The van der Waals surface area contributed by atoms with Crippen molar-refractivity contribution >= 4 is 11.9 Å². The first kappa shape index (κ1) is 26.7. The highest BCUT2D eigenvalue weighted by molar-refractivity contribution is 5.91. The fourth-order valence-corrected chi connectivity index (χ4v) is 8.59. The lowest BCUT2D eigenvalue weighted by Gasteiger charge is -2.59. The van der Waals surface area contributed by atoms with E-state index in [0.717, 1.165) is 44.9 Å². The van der Waals surface area contributed by atoms with E-state index in [4.69, 9.17) is 9.47 Å². The van der Waals surface area contributed by atoms with E-state index in [9.17, 15) is 9.59 Å².